The zero-order chi connectivity index (χ0) is 19.4. The van der Waals surface area contributed by atoms with Gasteiger partial charge < -0.3 is 40.4 Å². The summed E-state index contributed by atoms with van der Waals surface area (Å²) in [4.78, 5) is 22.0. The van der Waals surface area contributed by atoms with Crippen LogP contribution in [0.5, 0.6) is 0 Å². The predicted octanol–water partition coefficient (Wildman–Crippen LogP) is -0.615. The summed E-state index contributed by atoms with van der Waals surface area (Å²) in [6.45, 7) is -0.415. The lowest BCUT2D eigenvalue weighted by molar-refractivity contribution is -0.307. The largest absolute Gasteiger partial charge is 0.479 e. The Balaban J connectivity index is 2.24. The van der Waals surface area contributed by atoms with E-state index < -0.39 is 55.5 Å². The van der Waals surface area contributed by atoms with Crippen LogP contribution >= 0.6 is 11.6 Å². The van der Waals surface area contributed by atoms with E-state index in [1.807, 2.05) is 0 Å². The second-order valence-electron chi connectivity index (χ2n) is 5.51. The number of carboxylic acid groups (broad SMARTS) is 1. The van der Waals surface area contributed by atoms with Gasteiger partial charge in [-0.25, -0.2) is 9.59 Å². The van der Waals surface area contributed by atoms with Crippen molar-refractivity contribution in [2.24, 2.45) is 5.73 Å². The Morgan fingerprint density at radius 1 is 1.19 bits per heavy atom. The highest BCUT2D eigenvalue weighted by Crippen LogP contribution is 2.31. The minimum absolute atomic E-state index is 0.242. The van der Waals surface area contributed by atoms with Crippen LogP contribution in [0.2, 0.25) is 5.02 Å². The fraction of sp³-hybridized carbons (Fsp3) is 0.467. The van der Waals surface area contributed by atoms with Crippen LogP contribution in [0.1, 0.15) is 11.7 Å². The molecular formula is C15H18ClNO9. The van der Waals surface area contributed by atoms with Crippen LogP contribution in [-0.2, 0) is 19.0 Å². The molecule has 2 rings (SSSR count). The number of nitrogens with two attached hydrogens (primary N) is 1. The molecule has 0 aliphatic carbocycles. The number of ether oxygens (including phenoxy) is 3. The standard InChI is InChI=1S/C15H18ClNO9/c16-7-4-2-1-3-6(7)8(5-24-15(17)23)25-14-11(20)9(18)10(19)12(26-14)13(21)22/h1-4,8-12,14,18-20H,5H2,(H2,17,23)(H,21,22). The van der Waals surface area contributed by atoms with E-state index in [9.17, 15) is 24.9 Å². The maximum absolute atomic E-state index is 11.1. The average Bonchev–Trinajstić information content (AvgIpc) is 2.58. The van der Waals surface area contributed by atoms with E-state index in [0.29, 0.717) is 5.56 Å². The number of carboxylic acids is 1. The SMILES string of the molecule is NC(=O)OCC(OC1OC(C(=O)O)C(O)C(O)C1O)c1ccccc1Cl. The zero-order valence-electron chi connectivity index (χ0n) is 13.3. The van der Waals surface area contributed by atoms with Gasteiger partial charge in [-0.2, -0.15) is 0 Å². The Kier molecular flexibility index (Phi) is 6.75. The minimum atomic E-state index is -1.86. The molecule has 1 aromatic rings. The van der Waals surface area contributed by atoms with Crippen molar-refractivity contribution >= 4 is 23.7 Å². The van der Waals surface area contributed by atoms with Gasteiger partial charge in [0.1, 0.15) is 31.0 Å². The molecule has 6 unspecified atom stereocenters. The normalized spacial score (nSPS) is 29.8. The Morgan fingerprint density at radius 2 is 1.85 bits per heavy atom. The van der Waals surface area contributed by atoms with Crippen molar-refractivity contribution in [2.75, 3.05) is 6.61 Å². The van der Waals surface area contributed by atoms with Gasteiger partial charge in [0.25, 0.3) is 0 Å². The van der Waals surface area contributed by atoms with Crippen molar-refractivity contribution in [3.8, 4) is 0 Å². The molecule has 26 heavy (non-hydrogen) atoms. The first-order valence-corrected chi connectivity index (χ1v) is 7.84. The van der Waals surface area contributed by atoms with Crippen LogP contribution in [0.15, 0.2) is 24.3 Å². The number of hydrogen-bond donors (Lipinski definition) is 5. The first-order chi connectivity index (χ1) is 12.2. The zero-order valence-corrected chi connectivity index (χ0v) is 14.0. The van der Waals surface area contributed by atoms with Crippen molar-refractivity contribution in [1.82, 2.24) is 0 Å². The van der Waals surface area contributed by atoms with E-state index in [4.69, 9.17) is 36.7 Å². The lowest BCUT2D eigenvalue weighted by Gasteiger charge is -2.39. The third-order valence-corrected chi connectivity index (χ3v) is 4.08. The quantitative estimate of drug-likeness (QED) is 0.424. The summed E-state index contributed by atoms with van der Waals surface area (Å²) < 4.78 is 15.2. The van der Waals surface area contributed by atoms with Crippen LogP contribution in [-0.4, -0.2) is 69.8 Å². The number of aliphatic carboxylic acids is 1. The molecule has 1 heterocycles. The molecule has 0 spiro atoms. The number of halogens is 1. The molecule has 11 heteroatoms. The van der Waals surface area contributed by atoms with Crippen LogP contribution in [0.25, 0.3) is 0 Å². The molecule has 1 amide bonds. The molecule has 1 aliphatic heterocycles. The molecular weight excluding hydrogens is 374 g/mol. The van der Waals surface area contributed by atoms with E-state index in [1.54, 1.807) is 18.2 Å². The number of benzene rings is 1. The fourth-order valence-corrected chi connectivity index (χ4v) is 2.68. The number of hydrogen-bond acceptors (Lipinski definition) is 8. The summed E-state index contributed by atoms with van der Waals surface area (Å²) >= 11 is 6.08. The van der Waals surface area contributed by atoms with Crippen molar-refractivity contribution < 1.29 is 44.2 Å². The van der Waals surface area contributed by atoms with Crippen molar-refractivity contribution in [3.63, 3.8) is 0 Å². The second kappa shape index (κ2) is 8.62. The second-order valence-corrected chi connectivity index (χ2v) is 5.92. The third-order valence-electron chi connectivity index (χ3n) is 3.74. The van der Waals surface area contributed by atoms with Crippen molar-refractivity contribution in [1.29, 1.82) is 0 Å². The van der Waals surface area contributed by atoms with Gasteiger partial charge in [-0.1, -0.05) is 29.8 Å². The van der Waals surface area contributed by atoms with E-state index >= 15 is 0 Å². The van der Waals surface area contributed by atoms with Gasteiger partial charge in [-0.05, 0) is 6.07 Å². The summed E-state index contributed by atoms with van der Waals surface area (Å²) in [7, 11) is 0. The summed E-state index contributed by atoms with van der Waals surface area (Å²) in [6, 6.07) is 6.35. The summed E-state index contributed by atoms with van der Waals surface area (Å²) in [5.41, 5.74) is 5.28. The maximum atomic E-state index is 11.1. The Labute approximate surface area is 152 Å². The van der Waals surface area contributed by atoms with Crippen molar-refractivity contribution in [3.05, 3.63) is 34.9 Å². The highest BCUT2D eigenvalue weighted by molar-refractivity contribution is 6.31. The molecule has 0 saturated carbocycles. The third kappa shape index (κ3) is 4.61. The smallest absolute Gasteiger partial charge is 0.404 e. The maximum Gasteiger partial charge on any atom is 0.404 e. The number of amides is 1. The molecule has 0 radical (unpaired) electrons. The van der Waals surface area contributed by atoms with Gasteiger partial charge in [0.05, 0.1) is 0 Å². The number of carbonyl (C=O) groups excluding carboxylic acids is 1. The molecule has 6 N–H and O–H groups in total. The number of rotatable bonds is 6. The Bertz CT molecular complexity index is 658. The molecule has 0 bridgehead atoms. The molecule has 6 atom stereocenters. The number of primary amides is 1. The van der Waals surface area contributed by atoms with Crippen LogP contribution in [0.4, 0.5) is 4.79 Å². The van der Waals surface area contributed by atoms with Crippen molar-refractivity contribution in [2.45, 2.75) is 36.8 Å². The summed E-state index contributed by atoms with van der Waals surface area (Å²) in [5, 5.41) is 38.9. The monoisotopic (exact) mass is 391 g/mol. The first kappa shape index (κ1) is 20.4. The summed E-state index contributed by atoms with van der Waals surface area (Å²) in [6.07, 6.45) is -11.1. The van der Waals surface area contributed by atoms with Crippen LogP contribution in [0.3, 0.4) is 0 Å². The van der Waals surface area contributed by atoms with E-state index in [1.165, 1.54) is 6.07 Å². The molecule has 10 nitrogen and oxygen atoms in total. The Morgan fingerprint density at radius 3 is 2.42 bits per heavy atom. The average molecular weight is 392 g/mol. The molecule has 1 fully saturated rings. The fourth-order valence-electron chi connectivity index (χ4n) is 2.42. The number of aliphatic hydroxyl groups is 3. The highest BCUT2D eigenvalue weighted by Gasteiger charge is 2.48. The molecule has 1 saturated heterocycles. The van der Waals surface area contributed by atoms with Gasteiger partial charge in [0, 0.05) is 10.6 Å². The van der Waals surface area contributed by atoms with Gasteiger partial charge in [0.15, 0.2) is 12.4 Å². The minimum Gasteiger partial charge on any atom is -0.479 e. The molecule has 144 valence electrons. The van der Waals surface area contributed by atoms with Gasteiger partial charge in [-0.3, -0.25) is 0 Å². The number of aliphatic hydroxyl groups excluding tert-OH is 3. The molecule has 1 aliphatic rings. The van der Waals surface area contributed by atoms with E-state index in [-0.39, 0.29) is 5.02 Å². The Hall–Kier alpha value is -1.95. The van der Waals surface area contributed by atoms with Crippen LogP contribution < -0.4 is 5.73 Å². The predicted molar refractivity (Wildman–Crippen MR) is 85.1 cm³/mol. The van der Waals surface area contributed by atoms with Gasteiger partial charge in [-0.15, -0.1) is 0 Å². The topological polar surface area (TPSA) is 169 Å². The number of carbonyl (C=O) groups is 2. The molecule has 0 aromatic heterocycles. The summed E-state index contributed by atoms with van der Waals surface area (Å²) in [5.74, 6) is -1.56. The van der Waals surface area contributed by atoms with Gasteiger partial charge >= 0.3 is 12.1 Å². The lowest BCUT2D eigenvalue weighted by Crippen LogP contribution is -2.60. The van der Waals surface area contributed by atoms with Gasteiger partial charge in [0.2, 0.25) is 0 Å². The molecule has 1 aromatic carbocycles. The lowest BCUT2D eigenvalue weighted by atomic mass is 9.99. The van der Waals surface area contributed by atoms with Crippen LogP contribution in [0, 0.1) is 0 Å². The first-order valence-electron chi connectivity index (χ1n) is 7.47. The van der Waals surface area contributed by atoms with E-state index in [0.717, 1.165) is 0 Å². The van der Waals surface area contributed by atoms with E-state index in [2.05, 4.69) is 0 Å². The highest BCUT2D eigenvalue weighted by atomic mass is 35.5.